The van der Waals surface area contributed by atoms with E-state index < -0.39 is 0 Å². The van der Waals surface area contributed by atoms with Crippen LogP contribution in [0.25, 0.3) is 0 Å². The van der Waals surface area contributed by atoms with Crippen LogP contribution in [0.2, 0.25) is 0 Å². The second-order valence-corrected chi connectivity index (χ2v) is 8.73. The molecule has 0 radical (unpaired) electrons. The minimum Gasteiger partial charge on any atom is -0.357 e. The first-order chi connectivity index (χ1) is 14.1. The number of benzene rings is 1. The molecule has 0 saturated heterocycles. The number of anilines is 1. The van der Waals surface area contributed by atoms with E-state index in [4.69, 9.17) is 0 Å². The Bertz CT molecular complexity index is 826. The molecule has 1 fully saturated rings. The molecular formula is C22H31N5OS. The van der Waals surface area contributed by atoms with Crippen molar-refractivity contribution in [1.29, 1.82) is 0 Å². The van der Waals surface area contributed by atoms with E-state index in [1.54, 1.807) is 11.3 Å². The summed E-state index contributed by atoms with van der Waals surface area (Å²) in [6.45, 7) is 6.28. The summed E-state index contributed by atoms with van der Waals surface area (Å²) in [5.41, 5.74) is 1.92. The van der Waals surface area contributed by atoms with E-state index in [-0.39, 0.29) is 11.8 Å². The minimum absolute atomic E-state index is 0.149. The van der Waals surface area contributed by atoms with Crippen molar-refractivity contribution in [3.8, 4) is 0 Å². The molecule has 156 valence electrons. The smallest absolute Gasteiger partial charge is 0.227 e. The van der Waals surface area contributed by atoms with Crippen LogP contribution in [0.3, 0.4) is 0 Å². The van der Waals surface area contributed by atoms with Crippen molar-refractivity contribution in [3.63, 3.8) is 0 Å². The van der Waals surface area contributed by atoms with Crippen LogP contribution in [0.1, 0.15) is 48.1 Å². The summed E-state index contributed by atoms with van der Waals surface area (Å²) in [7, 11) is 0. The number of guanidine groups is 1. The van der Waals surface area contributed by atoms with Gasteiger partial charge in [-0.3, -0.25) is 4.79 Å². The molecule has 1 saturated carbocycles. The van der Waals surface area contributed by atoms with E-state index in [2.05, 4.69) is 39.8 Å². The number of amides is 1. The number of nitrogens with zero attached hydrogens (tertiary/aromatic N) is 2. The highest BCUT2D eigenvalue weighted by Crippen LogP contribution is 2.26. The monoisotopic (exact) mass is 413 g/mol. The Morgan fingerprint density at radius 1 is 1.28 bits per heavy atom. The topological polar surface area (TPSA) is 78.4 Å². The van der Waals surface area contributed by atoms with Crippen molar-refractivity contribution in [3.05, 3.63) is 45.9 Å². The lowest BCUT2D eigenvalue weighted by Crippen LogP contribution is -2.38. The lowest BCUT2D eigenvalue weighted by Gasteiger charge is -2.12. The van der Waals surface area contributed by atoms with Gasteiger partial charge in [-0.1, -0.05) is 25.0 Å². The average molecular weight is 414 g/mol. The van der Waals surface area contributed by atoms with Gasteiger partial charge in [0.05, 0.1) is 11.6 Å². The Morgan fingerprint density at radius 2 is 2.10 bits per heavy atom. The predicted octanol–water partition coefficient (Wildman–Crippen LogP) is 3.88. The molecule has 7 heteroatoms. The van der Waals surface area contributed by atoms with Gasteiger partial charge in [0.25, 0.3) is 0 Å². The molecule has 1 aromatic carbocycles. The number of hydrogen-bond donors (Lipinski definition) is 3. The number of hydrogen-bond acceptors (Lipinski definition) is 4. The van der Waals surface area contributed by atoms with Gasteiger partial charge in [-0.25, -0.2) is 9.98 Å². The van der Waals surface area contributed by atoms with E-state index in [0.29, 0.717) is 6.54 Å². The molecule has 0 unspecified atom stereocenters. The third kappa shape index (κ3) is 6.85. The zero-order chi connectivity index (χ0) is 20.5. The van der Waals surface area contributed by atoms with Crippen LogP contribution in [-0.2, 0) is 17.8 Å². The maximum atomic E-state index is 12.4. The maximum Gasteiger partial charge on any atom is 0.227 e. The van der Waals surface area contributed by atoms with E-state index in [0.717, 1.165) is 67.4 Å². The molecule has 1 aromatic heterocycles. The zero-order valence-corrected chi connectivity index (χ0v) is 18.1. The first kappa shape index (κ1) is 21.3. The number of aromatic nitrogens is 1. The highest BCUT2D eigenvalue weighted by Gasteiger charge is 2.22. The first-order valence-corrected chi connectivity index (χ1v) is 11.3. The Hall–Kier alpha value is -2.41. The first-order valence-electron chi connectivity index (χ1n) is 10.5. The zero-order valence-electron chi connectivity index (χ0n) is 17.3. The van der Waals surface area contributed by atoms with E-state index in [1.807, 2.05) is 30.5 Å². The second-order valence-electron chi connectivity index (χ2n) is 7.41. The van der Waals surface area contributed by atoms with Crippen LogP contribution in [0, 0.1) is 12.8 Å². The van der Waals surface area contributed by atoms with Gasteiger partial charge in [0.1, 0.15) is 0 Å². The number of rotatable bonds is 8. The third-order valence-corrected chi connectivity index (χ3v) is 5.96. The number of thiazole rings is 1. The molecule has 0 atom stereocenters. The van der Waals surface area contributed by atoms with Crippen molar-refractivity contribution in [2.24, 2.45) is 10.9 Å². The van der Waals surface area contributed by atoms with E-state index in [1.165, 1.54) is 4.88 Å². The molecule has 1 aliphatic carbocycles. The quantitative estimate of drug-likeness (QED) is 0.453. The molecule has 29 heavy (non-hydrogen) atoms. The number of nitrogens with one attached hydrogen (secondary N) is 3. The van der Waals surface area contributed by atoms with Crippen LogP contribution >= 0.6 is 11.3 Å². The Morgan fingerprint density at radius 3 is 2.83 bits per heavy atom. The summed E-state index contributed by atoms with van der Waals surface area (Å²) in [6, 6.07) is 7.97. The van der Waals surface area contributed by atoms with Crippen LogP contribution in [0.4, 0.5) is 5.69 Å². The Balaban J connectivity index is 1.53. The summed E-state index contributed by atoms with van der Waals surface area (Å²) in [4.78, 5) is 22.7. The Labute approximate surface area is 177 Å². The molecule has 3 N–H and O–H groups in total. The molecule has 0 spiro atoms. The van der Waals surface area contributed by atoms with Gasteiger partial charge in [-0.05, 0) is 44.4 Å². The van der Waals surface area contributed by atoms with Crippen molar-refractivity contribution in [2.45, 2.75) is 52.5 Å². The van der Waals surface area contributed by atoms with Crippen LogP contribution in [-0.4, -0.2) is 29.9 Å². The van der Waals surface area contributed by atoms with Crippen molar-refractivity contribution in [1.82, 2.24) is 15.6 Å². The van der Waals surface area contributed by atoms with Gasteiger partial charge >= 0.3 is 0 Å². The summed E-state index contributed by atoms with van der Waals surface area (Å²) in [6.07, 6.45) is 7.13. The van der Waals surface area contributed by atoms with Crippen molar-refractivity contribution < 1.29 is 4.79 Å². The molecule has 6 nitrogen and oxygen atoms in total. The van der Waals surface area contributed by atoms with Gasteiger partial charge in [-0.15, -0.1) is 11.3 Å². The SMILES string of the molecule is CCNC(=NCc1cccc(NC(=O)C2CCCC2)c1)NCCc1ncc(C)s1. The molecule has 3 rings (SSSR count). The molecule has 2 aromatic rings. The predicted molar refractivity (Wildman–Crippen MR) is 120 cm³/mol. The maximum absolute atomic E-state index is 12.4. The minimum atomic E-state index is 0.149. The number of aliphatic imine (C=N–C) groups is 1. The van der Waals surface area contributed by atoms with Gasteiger partial charge in [0.15, 0.2) is 5.96 Å². The molecule has 1 amide bonds. The number of aryl methyl sites for hydroxylation is 1. The Kier molecular flexibility index (Phi) is 8.04. The highest BCUT2D eigenvalue weighted by molar-refractivity contribution is 7.11. The molecule has 1 heterocycles. The van der Waals surface area contributed by atoms with Crippen molar-refractivity contribution >= 4 is 28.9 Å². The van der Waals surface area contributed by atoms with Gasteiger partial charge < -0.3 is 16.0 Å². The van der Waals surface area contributed by atoms with Crippen LogP contribution in [0.15, 0.2) is 35.5 Å². The van der Waals surface area contributed by atoms with Crippen LogP contribution < -0.4 is 16.0 Å². The van der Waals surface area contributed by atoms with E-state index in [9.17, 15) is 4.79 Å². The largest absolute Gasteiger partial charge is 0.357 e. The lowest BCUT2D eigenvalue weighted by atomic mass is 10.1. The van der Waals surface area contributed by atoms with Gasteiger partial charge in [-0.2, -0.15) is 0 Å². The fraction of sp³-hybridized carbons (Fsp3) is 0.500. The normalized spacial score (nSPS) is 14.8. The summed E-state index contributed by atoms with van der Waals surface area (Å²) < 4.78 is 0. The highest BCUT2D eigenvalue weighted by atomic mass is 32.1. The van der Waals surface area contributed by atoms with Crippen molar-refractivity contribution in [2.75, 3.05) is 18.4 Å². The fourth-order valence-corrected chi connectivity index (χ4v) is 4.28. The summed E-state index contributed by atoms with van der Waals surface area (Å²) in [5.74, 6) is 1.11. The summed E-state index contributed by atoms with van der Waals surface area (Å²) in [5, 5.41) is 10.9. The number of carbonyl (C=O) groups is 1. The standard InChI is InChI=1S/C22H31N5OS/c1-3-23-22(24-12-11-20-25-14-16(2)29-20)26-15-17-7-6-10-19(13-17)27-21(28)18-8-4-5-9-18/h6-7,10,13-14,18H,3-5,8-9,11-12,15H2,1-2H3,(H,27,28)(H2,23,24,26). The average Bonchev–Trinajstić information content (AvgIpc) is 3.38. The molecular weight excluding hydrogens is 382 g/mol. The van der Waals surface area contributed by atoms with Gasteiger partial charge in [0.2, 0.25) is 5.91 Å². The molecule has 0 bridgehead atoms. The van der Waals surface area contributed by atoms with Gasteiger partial charge in [0, 0.05) is 42.2 Å². The second kappa shape index (κ2) is 11.0. The van der Waals surface area contributed by atoms with E-state index >= 15 is 0 Å². The molecule has 0 aliphatic heterocycles. The van der Waals surface area contributed by atoms with Crippen LogP contribution in [0.5, 0.6) is 0 Å². The number of carbonyl (C=O) groups excluding carboxylic acids is 1. The summed E-state index contributed by atoms with van der Waals surface area (Å²) >= 11 is 1.73. The fourth-order valence-electron chi connectivity index (χ4n) is 3.50. The third-order valence-electron chi connectivity index (χ3n) is 4.98. The lowest BCUT2D eigenvalue weighted by molar-refractivity contribution is -0.119. The molecule has 1 aliphatic rings.